The largest absolute Gasteiger partial charge is 0.383 e. The minimum Gasteiger partial charge on any atom is -0.383 e. The number of nitrogens with zero attached hydrogens (tertiary/aromatic N) is 2. The SMILES string of the molecule is Cc1ncc(C(=O)/C=C/N(C)C)[nH]1. The number of rotatable bonds is 3. The van der Waals surface area contributed by atoms with E-state index in [-0.39, 0.29) is 5.78 Å². The van der Waals surface area contributed by atoms with Crippen LogP contribution in [0.4, 0.5) is 0 Å². The van der Waals surface area contributed by atoms with Crippen LogP contribution >= 0.6 is 0 Å². The molecule has 70 valence electrons. The van der Waals surface area contributed by atoms with Gasteiger partial charge in [0.15, 0.2) is 0 Å². The van der Waals surface area contributed by atoms with Gasteiger partial charge in [0.1, 0.15) is 11.5 Å². The number of H-pyrrole nitrogens is 1. The normalized spacial score (nSPS) is 10.7. The van der Waals surface area contributed by atoms with Crippen molar-refractivity contribution in [2.45, 2.75) is 6.92 Å². The third-order valence-corrected chi connectivity index (χ3v) is 1.49. The first kappa shape index (κ1) is 9.51. The second kappa shape index (κ2) is 3.89. The lowest BCUT2D eigenvalue weighted by atomic mass is 10.3. The first-order valence-corrected chi connectivity index (χ1v) is 4.00. The zero-order valence-electron chi connectivity index (χ0n) is 8.03. The lowest BCUT2D eigenvalue weighted by Gasteiger charge is -2.01. The van der Waals surface area contributed by atoms with Gasteiger partial charge in [-0.05, 0) is 6.92 Å². The molecule has 0 amide bonds. The van der Waals surface area contributed by atoms with Crippen LogP contribution in [-0.4, -0.2) is 34.7 Å². The Labute approximate surface area is 77.3 Å². The van der Waals surface area contributed by atoms with Crippen LogP contribution in [0, 0.1) is 6.92 Å². The van der Waals surface area contributed by atoms with Gasteiger partial charge in [-0.2, -0.15) is 0 Å². The number of aryl methyl sites for hydroxylation is 1. The number of aromatic nitrogens is 2. The van der Waals surface area contributed by atoms with Crippen LogP contribution in [0.5, 0.6) is 0 Å². The second-order valence-electron chi connectivity index (χ2n) is 3.03. The molecule has 0 saturated heterocycles. The van der Waals surface area contributed by atoms with Gasteiger partial charge in [-0.15, -0.1) is 0 Å². The van der Waals surface area contributed by atoms with Gasteiger partial charge < -0.3 is 9.88 Å². The summed E-state index contributed by atoms with van der Waals surface area (Å²) in [4.78, 5) is 20.0. The molecule has 1 rings (SSSR count). The maximum Gasteiger partial charge on any atom is 0.205 e. The van der Waals surface area contributed by atoms with E-state index >= 15 is 0 Å². The molecule has 0 fully saturated rings. The molecule has 0 bridgehead atoms. The van der Waals surface area contributed by atoms with Gasteiger partial charge in [-0.3, -0.25) is 4.79 Å². The van der Waals surface area contributed by atoms with Crippen molar-refractivity contribution < 1.29 is 4.79 Å². The fraction of sp³-hybridized carbons (Fsp3) is 0.333. The molecule has 0 radical (unpaired) electrons. The summed E-state index contributed by atoms with van der Waals surface area (Å²) in [6.07, 6.45) is 4.75. The number of ketones is 1. The monoisotopic (exact) mass is 179 g/mol. The van der Waals surface area contributed by atoms with E-state index in [0.29, 0.717) is 5.69 Å². The third kappa shape index (κ3) is 2.74. The van der Waals surface area contributed by atoms with Crippen molar-refractivity contribution in [1.82, 2.24) is 14.9 Å². The van der Waals surface area contributed by atoms with Crippen LogP contribution < -0.4 is 0 Å². The number of allylic oxidation sites excluding steroid dienone is 1. The number of carbonyl (C=O) groups excluding carboxylic acids is 1. The maximum absolute atomic E-state index is 11.4. The zero-order valence-corrected chi connectivity index (χ0v) is 8.03. The van der Waals surface area contributed by atoms with Crippen molar-refractivity contribution in [3.63, 3.8) is 0 Å². The van der Waals surface area contributed by atoms with Gasteiger partial charge in [0.2, 0.25) is 5.78 Å². The summed E-state index contributed by atoms with van der Waals surface area (Å²) in [6.45, 7) is 1.81. The van der Waals surface area contributed by atoms with Crippen LogP contribution in [0.25, 0.3) is 0 Å². The second-order valence-corrected chi connectivity index (χ2v) is 3.03. The number of aromatic amines is 1. The van der Waals surface area contributed by atoms with Gasteiger partial charge >= 0.3 is 0 Å². The lowest BCUT2D eigenvalue weighted by Crippen LogP contribution is -2.03. The summed E-state index contributed by atoms with van der Waals surface area (Å²) in [7, 11) is 3.73. The van der Waals surface area contributed by atoms with E-state index in [9.17, 15) is 4.79 Å². The first-order valence-electron chi connectivity index (χ1n) is 4.00. The highest BCUT2D eigenvalue weighted by Crippen LogP contribution is 1.98. The molecule has 13 heavy (non-hydrogen) atoms. The molecule has 4 heteroatoms. The Bertz CT molecular complexity index is 325. The van der Waals surface area contributed by atoms with Crippen molar-refractivity contribution >= 4 is 5.78 Å². The van der Waals surface area contributed by atoms with E-state index in [2.05, 4.69) is 9.97 Å². The highest BCUT2D eigenvalue weighted by Gasteiger charge is 2.03. The minimum absolute atomic E-state index is 0.0608. The lowest BCUT2D eigenvalue weighted by molar-refractivity contribution is 0.104. The molecular weight excluding hydrogens is 166 g/mol. The van der Waals surface area contributed by atoms with Crippen molar-refractivity contribution in [2.75, 3.05) is 14.1 Å². The van der Waals surface area contributed by atoms with Crippen molar-refractivity contribution in [3.8, 4) is 0 Å². The van der Waals surface area contributed by atoms with E-state index < -0.39 is 0 Å². The summed E-state index contributed by atoms with van der Waals surface area (Å²) in [5.74, 6) is 0.691. The molecule has 1 N–H and O–H groups in total. The molecule has 1 heterocycles. The van der Waals surface area contributed by atoms with Crippen LogP contribution in [0.3, 0.4) is 0 Å². The van der Waals surface area contributed by atoms with Crippen molar-refractivity contribution in [2.24, 2.45) is 0 Å². The summed E-state index contributed by atoms with van der Waals surface area (Å²) >= 11 is 0. The van der Waals surface area contributed by atoms with Gasteiger partial charge in [0, 0.05) is 26.4 Å². The maximum atomic E-state index is 11.4. The molecule has 0 aromatic carbocycles. The average Bonchev–Trinajstić information content (AvgIpc) is 2.47. The molecule has 0 unspecified atom stereocenters. The predicted octanol–water partition coefficient (Wildman–Crippen LogP) is 0.976. The van der Waals surface area contributed by atoms with E-state index in [4.69, 9.17) is 0 Å². The average molecular weight is 179 g/mol. The van der Waals surface area contributed by atoms with E-state index in [1.165, 1.54) is 12.3 Å². The molecule has 0 aliphatic heterocycles. The summed E-state index contributed by atoms with van der Waals surface area (Å²) in [6, 6.07) is 0. The van der Waals surface area contributed by atoms with Gasteiger partial charge in [0.25, 0.3) is 0 Å². The van der Waals surface area contributed by atoms with E-state index in [1.807, 2.05) is 21.0 Å². The Hall–Kier alpha value is -1.58. The molecular formula is C9H13N3O. The molecule has 0 spiro atoms. The topological polar surface area (TPSA) is 49.0 Å². The third-order valence-electron chi connectivity index (χ3n) is 1.49. The van der Waals surface area contributed by atoms with Gasteiger partial charge in [-0.25, -0.2) is 4.98 Å². The smallest absolute Gasteiger partial charge is 0.205 e. The Morgan fingerprint density at radius 1 is 1.62 bits per heavy atom. The number of hydrogen-bond donors (Lipinski definition) is 1. The number of carbonyl (C=O) groups is 1. The predicted molar refractivity (Wildman–Crippen MR) is 50.5 cm³/mol. The highest BCUT2D eigenvalue weighted by atomic mass is 16.1. The quantitative estimate of drug-likeness (QED) is 0.555. The molecule has 0 aliphatic carbocycles. The van der Waals surface area contributed by atoms with E-state index in [1.54, 1.807) is 11.1 Å². The fourth-order valence-electron chi connectivity index (χ4n) is 0.853. The molecule has 1 aromatic rings. The highest BCUT2D eigenvalue weighted by molar-refractivity contribution is 6.02. The van der Waals surface area contributed by atoms with Crippen molar-refractivity contribution in [1.29, 1.82) is 0 Å². The van der Waals surface area contributed by atoms with E-state index in [0.717, 1.165) is 5.82 Å². The Balaban J connectivity index is 2.69. The summed E-state index contributed by atoms with van der Waals surface area (Å²) in [5.41, 5.74) is 0.524. The molecule has 4 nitrogen and oxygen atoms in total. The molecule has 0 aliphatic rings. The molecule has 0 saturated carbocycles. The molecule has 0 atom stereocenters. The number of nitrogens with one attached hydrogen (secondary N) is 1. The van der Waals surface area contributed by atoms with Crippen LogP contribution in [0.15, 0.2) is 18.5 Å². The van der Waals surface area contributed by atoms with Crippen LogP contribution in [0.1, 0.15) is 16.3 Å². The standard InChI is InChI=1S/C9H13N3O/c1-7-10-6-8(11-7)9(13)4-5-12(2)3/h4-6H,1-3H3,(H,10,11)/b5-4+. The summed E-state index contributed by atoms with van der Waals surface area (Å²) in [5, 5.41) is 0. The summed E-state index contributed by atoms with van der Waals surface area (Å²) < 4.78 is 0. The van der Waals surface area contributed by atoms with Crippen LogP contribution in [-0.2, 0) is 0 Å². The van der Waals surface area contributed by atoms with Gasteiger partial charge in [0.05, 0.1) is 6.20 Å². The fourth-order valence-corrected chi connectivity index (χ4v) is 0.853. The number of hydrogen-bond acceptors (Lipinski definition) is 3. The Morgan fingerprint density at radius 3 is 2.77 bits per heavy atom. The van der Waals surface area contributed by atoms with Crippen LogP contribution in [0.2, 0.25) is 0 Å². The number of imidazole rings is 1. The van der Waals surface area contributed by atoms with Gasteiger partial charge in [-0.1, -0.05) is 0 Å². The Morgan fingerprint density at radius 2 is 2.31 bits per heavy atom. The first-order chi connectivity index (χ1) is 6.09. The minimum atomic E-state index is -0.0608. The van der Waals surface area contributed by atoms with Crippen molar-refractivity contribution in [3.05, 3.63) is 30.0 Å². The Kier molecular flexibility index (Phi) is 2.84. The zero-order chi connectivity index (χ0) is 9.84. The molecule has 1 aromatic heterocycles.